The summed E-state index contributed by atoms with van der Waals surface area (Å²) >= 11 is 0. The molecule has 0 aliphatic heterocycles. The number of hydrogen-bond acceptors (Lipinski definition) is 16. The van der Waals surface area contributed by atoms with Crippen LogP contribution >= 0.6 is 0 Å². The van der Waals surface area contributed by atoms with Crippen LogP contribution in [0.4, 0.5) is 0 Å². The van der Waals surface area contributed by atoms with E-state index in [-0.39, 0.29) is 69.9 Å². The van der Waals surface area contributed by atoms with Crippen LogP contribution in [-0.2, 0) is 38.4 Å². The first-order valence-electron chi connectivity index (χ1n) is 31.0. The van der Waals surface area contributed by atoms with Crippen molar-refractivity contribution in [2.45, 2.75) is 184 Å². The van der Waals surface area contributed by atoms with Gasteiger partial charge in [0.05, 0.1) is 23.9 Å². The molecule has 0 saturated carbocycles. The average molecular weight is 1330 g/mol. The molecule has 4 atom stereocenters. The summed E-state index contributed by atoms with van der Waals surface area (Å²) in [6, 6.07) is 34.5. The van der Waals surface area contributed by atoms with Gasteiger partial charge < -0.3 is 58.6 Å². The smallest absolute Gasteiger partial charge is 0.545 e. The molecule has 0 aromatic heterocycles. The number of ether oxygens (including phenoxy) is 4. The van der Waals surface area contributed by atoms with Gasteiger partial charge in [-0.2, -0.15) is 0 Å². The molecule has 4 aromatic rings. The van der Waals surface area contributed by atoms with Crippen molar-refractivity contribution in [2.75, 3.05) is 0 Å². The fraction of sp³-hybridized carbons (Fsp3) is 0.444. The molecule has 0 N–H and O–H groups in total. The van der Waals surface area contributed by atoms with E-state index >= 15 is 0 Å². The summed E-state index contributed by atoms with van der Waals surface area (Å²) in [5.41, 5.74) is 0.636. The van der Waals surface area contributed by atoms with Gasteiger partial charge in [0.1, 0.15) is 23.0 Å². The number of carboxylic acids is 4. The van der Waals surface area contributed by atoms with E-state index in [0.29, 0.717) is 48.7 Å². The Morgan fingerprint density at radius 3 is 0.618 bits per heavy atom. The molecule has 0 aliphatic carbocycles. The number of carbonyl (C=O) groups is 8. The van der Waals surface area contributed by atoms with E-state index in [4.69, 9.17) is 18.9 Å². The maximum absolute atomic E-state index is 12.2. The molecule has 4 unspecified atom stereocenters. The summed E-state index contributed by atoms with van der Waals surface area (Å²) in [6.45, 7) is 16.6. The second-order valence-corrected chi connectivity index (χ2v) is 21.2. The monoisotopic (exact) mass is 1330 g/mol. The standard InChI is InChI=1S/4C18H24O4.Sn/c4*1-3-5-9-14(4-2)12-15(13-17(19)20)18(21)22-16-10-7-6-8-11-16;/h4*6-8,10-11,13-14H,3-5,9,12H2,1-2H3,(H,19,20);/q;;;;+4/p-4/b4*15-13-;. The summed E-state index contributed by atoms with van der Waals surface area (Å²) in [4.78, 5) is 92.2. The van der Waals surface area contributed by atoms with E-state index in [2.05, 4.69) is 27.7 Å². The van der Waals surface area contributed by atoms with Gasteiger partial charge in [-0.3, -0.25) is 0 Å². The number of hydrogen-bond donors (Lipinski definition) is 0. The predicted octanol–water partition coefficient (Wildman–Crippen LogP) is 11.1. The van der Waals surface area contributed by atoms with Gasteiger partial charge in [0.25, 0.3) is 0 Å². The van der Waals surface area contributed by atoms with Crippen molar-refractivity contribution in [1.82, 2.24) is 0 Å². The van der Waals surface area contributed by atoms with Crippen LogP contribution in [-0.4, -0.2) is 71.7 Å². The molecule has 0 heterocycles. The van der Waals surface area contributed by atoms with Crippen LogP contribution in [0.2, 0.25) is 0 Å². The molecule has 17 heteroatoms. The van der Waals surface area contributed by atoms with Crippen LogP contribution in [0.15, 0.2) is 168 Å². The molecule has 0 radical (unpaired) electrons. The number of carboxylic acid groups (broad SMARTS) is 4. The fourth-order valence-corrected chi connectivity index (χ4v) is 9.04. The van der Waals surface area contributed by atoms with Gasteiger partial charge in [-0.1, -0.05) is 231 Å². The summed E-state index contributed by atoms with van der Waals surface area (Å²) in [6.07, 6.45) is 21.0. The van der Waals surface area contributed by atoms with Crippen LogP contribution in [0.1, 0.15) is 184 Å². The first-order valence-corrected chi connectivity index (χ1v) is 31.0. The zero-order chi connectivity index (χ0) is 65.5. The maximum atomic E-state index is 12.2. The van der Waals surface area contributed by atoms with Gasteiger partial charge in [0.15, 0.2) is 0 Å². The van der Waals surface area contributed by atoms with E-state index in [0.717, 1.165) is 127 Å². The number of unbranched alkanes of at least 4 members (excludes halogenated alkanes) is 4. The molecule has 4 aromatic carbocycles. The largest absolute Gasteiger partial charge is 4.00 e. The molecule has 89 heavy (non-hydrogen) atoms. The van der Waals surface area contributed by atoms with Crippen molar-refractivity contribution in [1.29, 1.82) is 0 Å². The van der Waals surface area contributed by atoms with Crippen LogP contribution in [0, 0.1) is 23.7 Å². The van der Waals surface area contributed by atoms with Crippen molar-refractivity contribution in [3.8, 4) is 23.0 Å². The average Bonchev–Trinajstić information content (AvgIpc) is 3.72. The van der Waals surface area contributed by atoms with Crippen molar-refractivity contribution in [3.63, 3.8) is 0 Å². The van der Waals surface area contributed by atoms with Crippen LogP contribution in [0.25, 0.3) is 0 Å². The molecular formula is C72H92O16Sn. The minimum absolute atomic E-state index is 0. The first-order chi connectivity index (χ1) is 42.2. The summed E-state index contributed by atoms with van der Waals surface area (Å²) in [7, 11) is 0. The first kappa shape index (κ1) is 81.4. The number of rotatable bonds is 36. The van der Waals surface area contributed by atoms with Gasteiger partial charge in [-0.05, 0) is 122 Å². The van der Waals surface area contributed by atoms with Crippen LogP contribution in [0.5, 0.6) is 23.0 Å². The number of para-hydroxylation sites is 4. The molecule has 0 bridgehead atoms. The van der Waals surface area contributed by atoms with Crippen molar-refractivity contribution in [2.24, 2.45) is 23.7 Å². The molecule has 480 valence electrons. The quantitative estimate of drug-likeness (QED) is 0.0177. The van der Waals surface area contributed by atoms with Gasteiger partial charge in [0, 0.05) is 22.3 Å². The fourth-order valence-electron chi connectivity index (χ4n) is 9.04. The maximum Gasteiger partial charge on any atom is 4.00 e. The van der Waals surface area contributed by atoms with Crippen molar-refractivity contribution >= 4 is 71.7 Å². The molecule has 4 rings (SSSR count). The third kappa shape index (κ3) is 39.1. The van der Waals surface area contributed by atoms with E-state index < -0.39 is 47.8 Å². The van der Waals surface area contributed by atoms with E-state index in [1.54, 1.807) is 97.1 Å². The molecule has 0 spiro atoms. The Morgan fingerprint density at radius 2 is 0.483 bits per heavy atom. The second kappa shape index (κ2) is 50.3. The van der Waals surface area contributed by atoms with Crippen molar-refractivity contribution < 1.29 is 77.7 Å². The number of benzene rings is 4. The summed E-state index contributed by atoms with van der Waals surface area (Å²) in [5.74, 6) is -5.27. The van der Waals surface area contributed by atoms with E-state index in [9.17, 15) is 58.8 Å². The molecule has 0 saturated heterocycles. The Hall–Kier alpha value is -7.60. The Balaban J connectivity index is 0.00000116. The third-order valence-electron chi connectivity index (χ3n) is 14.2. The molecule has 0 amide bonds. The Labute approximate surface area is 544 Å². The van der Waals surface area contributed by atoms with Crippen molar-refractivity contribution in [3.05, 3.63) is 168 Å². The third-order valence-corrected chi connectivity index (χ3v) is 14.2. The normalized spacial score (nSPS) is 12.6. The summed E-state index contributed by atoms with van der Waals surface area (Å²) in [5, 5.41) is 43.4. The van der Waals surface area contributed by atoms with Gasteiger partial charge in [0.2, 0.25) is 0 Å². The van der Waals surface area contributed by atoms with E-state index in [1.807, 2.05) is 52.0 Å². The Bertz CT molecular complexity index is 2410. The molecule has 16 nitrogen and oxygen atoms in total. The van der Waals surface area contributed by atoms with E-state index in [1.165, 1.54) is 0 Å². The Kier molecular flexibility index (Phi) is 46.0. The van der Waals surface area contributed by atoms with Gasteiger partial charge in [-0.15, -0.1) is 0 Å². The molecule has 0 fully saturated rings. The second-order valence-electron chi connectivity index (χ2n) is 21.2. The van der Waals surface area contributed by atoms with Gasteiger partial charge in [-0.25, -0.2) is 19.2 Å². The predicted molar refractivity (Wildman–Crippen MR) is 338 cm³/mol. The number of esters is 4. The zero-order valence-corrected chi connectivity index (χ0v) is 56.2. The topological polar surface area (TPSA) is 266 Å². The minimum Gasteiger partial charge on any atom is -0.545 e. The minimum atomic E-state index is -1.37. The van der Waals surface area contributed by atoms with Crippen LogP contribution in [0.3, 0.4) is 0 Å². The van der Waals surface area contributed by atoms with Gasteiger partial charge >= 0.3 is 47.8 Å². The SMILES string of the molecule is CCCCC(CC)C/C(=C/C(=O)[O-])C(=O)Oc1ccccc1.CCCCC(CC)C/C(=C/C(=O)[O-])C(=O)Oc1ccccc1.CCCCC(CC)C/C(=C/C(=O)[O-])C(=O)Oc1ccccc1.CCCCC(CC)C/C(=C/C(=O)[O-])C(=O)Oc1ccccc1.[Sn+4]. The number of carbonyl (C=O) groups excluding carboxylic acids is 8. The molecular weight excluding hydrogens is 1240 g/mol. The Morgan fingerprint density at radius 1 is 0.315 bits per heavy atom. The van der Waals surface area contributed by atoms with Crippen LogP contribution < -0.4 is 39.4 Å². The number of aliphatic carboxylic acids is 4. The summed E-state index contributed by atoms with van der Waals surface area (Å²) < 4.78 is 20.9. The molecule has 0 aliphatic rings. The zero-order valence-electron chi connectivity index (χ0n) is 53.3.